The fraction of sp³-hybridized carbons (Fsp3) is 0.692. The predicted octanol–water partition coefficient (Wildman–Crippen LogP) is 2.38. The predicted molar refractivity (Wildman–Crippen MR) is 78.0 cm³/mol. The third-order valence-electron chi connectivity index (χ3n) is 3.14. The first-order valence-electron chi connectivity index (χ1n) is 6.67. The standard InChI is InChI=1S/C13H22N4S/c1-11(2)12-5-10-18-13(16-12)14-6-3-8-17-9-4-7-15-17/h4,7,9,11-12H,3,5-6,8,10H2,1-2H3,(H,14,16). The van der Waals surface area contributed by atoms with Crippen molar-refractivity contribution in [3.63, 3.8) is 0 Å². The Morgan fingerprint density at radius 2 is 2.50 bits per heavy atom. The smallest absolute Gasteiger partial charge is 0.156 e. The van der Waals surface area contributed by atoms with E-state index >= 15 is 0 Å². The molecule has 1 N–H and O–H groups in total. The normalized spacial score (nSPS) is 22.4. The van der Waals surface area contributed by atoms with Crippen LogP contribution in [0.25, 0.3) is 0 Å². The Kier molecular flexibility index (Phi) is 5.11. The minimum Gasteiger partial charge on any atom is -0.362 e. The molecule has 1 aromatic heterocycles. The lowest BCUT2D eigenvalue weighted by Gasteiger charge is -2.28. The molecule has 100 valence electrons. The van der Waals surface area contributed by atoms with Crippen LogP contribution >= 0.6 is 11.8 Å². The van der Waals surface area contributed by atoms with Crippen molar-refractivity contribution < 1.29 is 0 Å². The van der Waals surface area contributed by atoms with Gasteiger partial charge in [0.15, 0.2) is 5.17 Å². The summed E-state index contributed by atoms with van der Waals surface area (Å²) in [4.78, 5) is 4.64. The monoisotopic (exact) mass is 266 g/mol. The van der Waals surface area contributed by atoms with E-state index in [9.17, 15) is 0 Å². The van der Waals surface area contributed by atoms with Crippen LogP contribution in [-0.4, -0.2) is 33.3 Å². The molecule has 5 heteroatoms. The number of aliphatic imine (C=N–C) groups is 1. The van der Waals surface area contributed by atoms with Crippen LogP contribution in [0.5, 0.6) is 0 Å². The van der Waals surface area contributed by atoms with Crippen molar-refractivity contribution in [3.8, 4) is 0 Å². The fourth-order valence-electron chi connectivity index (χ4n) is 1.99. The molecule has 2 rings (SSSR count). The molecule has 1 fully saturated rings. The van der Waals surface area contributed by atoms with E-state index in [1.165, 1.54) is 12.2 Å². The van der Waals surface area contributed by atoms with Crippen LogP contribution in [0.3, 0.4) is 0 Å². The van der Waals surface area contributed by atoms with E-state index in [0.717, 1.165) is 24.7 Å². The number of nitrogens with zero attached hydrogens (tertiary/aromatic N) is 3. The average molecular weight is 266 g/mol. The molecular weight excluding hydrogens is 244 g/mol. The van der Waals surface area contributed by atoms with Crippen LogP contribution in [0, 0.1) is 5.92 Å². The summed E-state index contributed by atoms with van der Waals surface area (Å²) >= 11 is 1.85. The van der Waals surface area contributed by atoms with E-state index in [2.05, 4.69) is 29.3 Å². The van der Waals surface area contributed by atoms with Crippen molar-refractivity contribution in [1.29, 1.82) is 0 Å². The summed E-state index contributed by atoms with van der Waals surface area (Å²) < 4.78 is 1.96. The molecule has 1 aliphatic rings. The molecule has 1 atom stereocenters. The third-order valence-corrected chi connectivity index (χ3v) is 4.10. The zero-order valence-electron chi connectivity index (χ0n) is 11.2. The molecule has 1 aliphatic heterocycles. The van der Waals surface area contributed by atoms with E-state index in [-0.39, 0.29) is 0 Å². The maximum absolute atomic E-state index is 4.64. The molecule has 2 heterocycles. The maximum Gasteiger partial charge on any atom is 0.156 e. The Balaban J connectivity index is 1.72. The number of aryl methyl sites for hydroxylation is 1. The largest absolute Gasteiger partial charge is 0.362 e. The SMILES string of the molecule is CC(C)C1CCSC(=NCCCn2cccn2)N1. The Bertz CT molecular complexity index is 372. The summed E-state index contributed by atoms with van der Waals surface area (Å²) in [5.74, 6) is 1.87. The van der Waals surface area contributed by atoms with Crippen LogP contribution in [0.1, 0.15) is 26.7 Å². The van der Waals surface area contributed by atoms with Crippen molar-refractivity contribution in [3.05, 3.63) is 18.5 Å². The Morgan fingerprint density at radius 3 is 3.22 bits per heavy atom. The zero-order chi connectivity index (χ0) is 12.8. The van der Waals surface area contributed by atoms with Crippen LogP contribution < -0.4 is 5.32 Å². The number of hydrogen-bond acceptors (Lipinski definition) is 3. The van der Waals surface area contributed by atoms with Gasteiger partial charge in [-0.1, -0.05) is 25.6 Å². The molecule has 1 aromatic rings. The molecule has 0 bridgehead atoms. The van der Waals surface area contributed by atoms with Gasteiger partial charge in [-0.3, -0.25) is 9.67 Å². The molecule has 0 amide bonds. The molecule has 0 aliphatic carbocycles. The lowest BCUT2D eigenvalue weighted by atomic mass is 10.0. The summed E-state index contributed by atoms with van der Waals surface area (Å²) in [5.41, 5.74) is 0. The summed E-state index contributed by atoms with van der Waals surface area (Å²) in [6, 6.07) is 2.55. The van der Waals surface area contributed by atoms with E-state index in [0.29, 0.717) is 12.0 Å². The molecule has 0 saturated carbocycles. The summed E-state index contributed by atoms with van der Waals surface area (Å²) in [5, 5.41) is 8.85. The van der Waals surface area contributed by atoms with Crippen LogP contribution in [0.15, 0.2) is 23.5 Å². The molecule has 1 unspecified atom stereocenters. The summed E-state index contributed by atoms with van der Waals surface area (Å²) in [7, 11) is 0. The van der Waals surface area contributed by atoms with Crippen LogP contribution in [-0.2, 0) is 6.54 Å². The molecule has 1 saturated heterocycles. The average Bonchev–Trinajstić information content (AvgIpc) is 2.88. The van der Waals surface area contributed by atoms with Crippen molar-refractivity contribution in [2.75, 3.05) is 12.3 Å². The molecule has 0 aromatic carbocycles. The van der Waals surface area contributed by atoms with E-state index in [1.54, 1.807) is 0 Å². The van der Waals surface area contributed by atoms with Gasteiger partial charge in [-0.05, 0) is 24.8 Å². The lowest BCUT2D eigenvalue weighted by molar-refractivity contribution is 0.442. The van der Waals surface area contributed by atoms with Crippen LogP contribution in [0.4, 0.5) is 0 Å². The van der Waals surface area contributed by atoms with Crippen molar-refractivity contribution >= 4 is 16.9 Å². The van der Waals surface area contributed by atoms with Gasteiger partial charge >= 0.3 is 0 Å². The number of aromatic nitrogens is 2. The number of rotatable bonds is 5. The minimum atomic E-state index is 0.594. The van der Waals surface area contributed by atoms with Gasteiger partial charge < -0.3 is 5.32 Å². The minimum absolute atomic E-state index is 0.594. The topological polar surface area (TPSA) is 42.2 Å². The molecule has 18 heavy (non-hydrogen) atoms. The second-order valence-electron chi connectivity index (χ2n) is 4.94. The zero-order valence-corrected chi connectivity index (χ0v) is 12.0. The van der Waals surface area contributed by atoms with Gasteiger partial charge in [0.1, 0.15) is 0 Å². The van der Waals surface area contributed by atoms with Gasteiger partial charge in [0.2, 0.25) is 0 Å². The lowest BCUT2D eigenvalue weighted by Crippen LogP contribution is -2.41. The first-order chi connectivity index (χ1) is 8.75. The van der Waals surface area contributed by atoms with Crippen molar-refractivity contribution in [2.24, 2.45) is 10.9 Å². The first kappa shape index (κ1) is 13.5. The second-order valence-corrected chi connectivity index (χ2v) is 6.03. The molecule has 4 nitrogen and oxygen atoms in total. The molecule has 0 spiro atoms. The Labute approximate surface area is 113 Å². The maximum atomic E-state index is 4.64. The molecule has 0 radical (unpaired) electrons. The van der Waals surface area contributed by atoms with E-state index < -0.39 is 0 Å². The van der Waals surface area contributed by atoms with E-state index in [4.69, 9.17) is 0 Å². The van der Waals surface area contributed by atoms with E-state index in [1.807, 2.05) is 34.9 Å². The molecular formula is C13H22N4S. The van der Waals surface area contributed by atoms with Gasteiger partial charge in [0.25, 0.3) is 0 Å². The Morgan fingerprint density at radius 1 is 1.61 bits per heavy atom. The van der Waals surface area contributed by atoms with Crippen LogP contribution in [0.2, 0.25) is 0 Å². The first-order valence-corrected chi connectivity index (χ1v) is 7.65. The quantitative estimate of drug-likeness (QED) is 0.832. The summed E-state index contributed by atoms with van der Waals surface area (Å²) in [6.45, 7) is 6.36. The summed E-state index contributed by atoms with van der Waals surface area (Å²) in [6.07, 6.45) is 6.10. The van der Waals surface area contributed by atoms with Gasteiger partial charge in [0.05, 0.1) is 0 Å². The van der Waals surface area contributed by atoms with Gasteiger partial charge in [-0.25, -0.2) is 0 Å². The fourth-order valence-corrected chi connectivity index (χ4v) is 2.97. The number of amidine groups is 1. The van der Waals surface area contributed by atoms with Crippen molar-refractivity contribution in [2.45, 2.75) is 39.3 Å². The van der Waals surface area contributed by atoms with Gasteiger partial charge in [-0.2, -0.15) is 5.10 Å². The number of nitrogens with one attached hydrogen (secondary N) is 1. The highest BCUT2D eigenvalue weighted by atomic mass is 32.2. The highest BCUT2D eigenvalue weighted by Gasteiger charge is 2.19. The van der Waals surface area contributed by atoms with Gasteiger partial charge in [0, 0.05) is 37.3 Å². The third kappa shape index (κ3) is 4.05. The number of thioether (sulfide) groups is 1. The number of hydrogen-bond donors (Lipinski definition) is 1. The highest BCUT2D eigenvalue weighted by Crippen LogP contribution is 2.18. The van der Waals surface area contributed by atoms with Gasteiger partial charge in [-0.15, -0.1) is 0 Å². The highest BCUT2D eigenvalue weighted by molar-refractivity contribution is 8.13. The Hall–Kier alpha value is -0.970. The second kappa shape index (κ2) is 6.83. The van der Waals surface area contributed by atoms with Crippen molar-refractivity contribution in [1.82, 2.24) is 15.1 Å².